The van der Waals surface area contributed by atoms with Gasteiger partial charge in [0, 0.05) is 18.7 Å². The van der Waals surface area contributed by atoms with Gasteiger partial charge in [0.05, 0.1) is 37.8 Å². The molecule has 0 saturated carbocycles. The summed E-state index contributed by atoms with van der Waals surface area (Å²) in [6.45, 7) is 3.25. The molecule has 0 bridgehead atoms. The lowest BCUT2D eigenvalue weighted by Crippen LogP contribution is -2.57. The van der Waals surface area contributed by atoms with Crippen molar-refractivity contribution in [2.45, 2.75) is 62.6 Å². The molecular formula is C35H39N3O8. The number of esters is 1. The fourth-order valence-electron chi connectivity index (χ4n) is 7.20. The van der Waals surface area contributed by atoms with Gasteiger partial charge >= 0.3 is 5.97 Å². The molecule has 4 heterocycles. The number of ether oxygens (including phenoxy) is 3. The van der Waals surface area contributed by atoms with E-state index in [0.717, 1.165) is 0 Å². The topological polar surface area (TPSA) is 135 Å². The number of likely N-dealkylation sites (tertiary alicyclic amines) is 1. The van der Waals surface area contributed by atoms with E-state index in [1.807, 2.05) is 30.3 Å². The first-order chi connectivity index (χ1) is 22.2. The van der Waals surface area contributed by atoms with Crippen LogP contribution in [0.25, 0.3) is 0 Å². The maximum Gasteiger partial charge on any atom is 0.313 e. The van der Waals surface area contributed by atoms with Crippen LogP contribution < -0.4 is 15.0 Å². The van der Waals surface area contributed by atoms with Crippen molar-refractivity contribution in [3.05, 3.63) is 84.5 Å². The van der Waals surface area contributed by atoms with Crippen molar-refractivity contribution in [2.24, 2.45) is 11.8 Å². The molecule has 4 aliphatic heterocycles. The van der Waals surface area contributed by atoms with Crippen molar-refractivity contribution in [3.8, 4) is 5.75 Å². The predicted molar refractivity (Wildman–Crippen MR) is 168 cm³/mol. The third-order valence-electron chi connectivity index (χ3n) is 9.40. The lowest BCUT2D eigenvalue weighted by atomic mass is 9.77. The van der Waals surface area contributed by atoms with Crippen molar-refractivity contribution in [1.82, 2.24) is 10.2 Å². The number of aliphatic hydroxyl groups excluding tert-OH is 1. The van der Waals surface area contributed by atoms with Crippen LogP contribution in [0.4, 0.5) is 5.69 Å². The Bertz CT molecular complexity index is 1540. The molecule has 242 valence electrons. The van der Waals surface area contributed by atoms with Gasteiger partial charge in [-0.05, 0) is 50.1 Å². The predicted octanol–water partition coefficient (Wildman–Crippen LogP) is 2.70. The minimum Gasteiger partial charge on any atom is -0.497 e. The fourth-order valence-corrected chi connectivity index (χ4v) is 7.20. The van der Waals surface area contributed by atoms with Gasteiger partial charge in [-0.25, -0.2) is 0 Å². The highest BCUT2D eigenvalue weighted by molar-refractivity contribution is 6.05. The number of rotatable bonds is 5. The number of nitrogens with one attached hydrogen (secondary N) is 1. The van der Waals surface area contributed by atoms with Crippen LogP contribution in [0.1, 0.15) is 38.4 Å². The van der Waals surface area contributed by atoms with Crippen LogP contribution in [-0.2, 0) is 28.7 Å². The van der Waals surface area contributed by atoms with Crippen molar-refractivity contribution in [3.63, 3.8) is 0 Å². The second-order valence-corrected chi connectivity index (χ2v) is 12.3. The summed E-state index contributed by atoms with van der Waals surface area (Å²) in [7, 11) is 1.56. The number of amides is 3. The smallest absolute Gasteiger partial charge is 0.313 e. The van der Waals surface area contributed by atoms with Gasteiger partial charge in [-0.3, -0.25) is 19.2 Å². The summed E-state index contributed by atoms with van der Waals surface area (Å²) in [4.78, 5) is 59.1. The number of benzene rings is 2. The number of hydrogen-bond acceptors (Lipinski definition) is 8. The van der Waals surface area contributed by atoms with E-state index in [1.165, 1.54) is 4.90 Å². The van der Waals surface area contributed by atoms with Gasteiger partial charge in [0.2, 0.25) is 11.8 Å². The monoisotopic (exact) mass is 629 g/mol. The van der Waals surface area contributed by atoms with E-state index < -0.39 is 72.2 Å². The average Bonchev–Trinajstić information content (AvgIpc) is 3.46. The van der Waals surface area contributed by atoms with Crippen molar-refractivity contribution < 1.29 is 38.5 Å². The highest BCUT2D eigenvalue weighted by atomic mass is 16.6. The van der Waals surface area contributed by atoms with Gasteiger partial charge in [-0.1, -0.05) is 54.6 Å². The number of fused-ring (bicyclic) bond motifs is 2. The second kappa shape index (κ2) is 12.7. The molecule has 46 heavy (non-hydrogen) atoms. The third kappa shape index (κ3) is 5.37. The number of methoxy groups -OCH3 is 1. The number of anilines is 1. The normalized spacial score (nSPS) is 32.6. The molecule has 3 amide bonds. The Hall–Kier alpha value is -4.48. The maximum absolute atomic E-state index is 14.6. The molecule has 1 spiro atoms. The maximum atomic E-state index is 14.6. The van der Waals surface area contributed by atoms with Gasteiger partial charge < -0.3 is 34.4 Å². The van der Waals surface area contributed by atoms with Crippen LogP contribution in [0.15, 0.2) is 78.9 Å². The number of carbonyl (C=O) groups excluding carboxylic acids is 4. The largest absolute Gasteiger partial charge is 0.497 e. The minimum absolute atomic E-state index is 0.186. The Kier molecular flexibility index (Phi) is 8.71. The Morgan fingerprint density at radius 2 is 1.78 bits per heavy atom. The zero-order valence-corrected chi connectivity index (χ0v) is 26.1. The van der Waals surface area contributed by atoms with E-state index in [2.05, 4.69) is 5.32 Å². The molecule has 8 atom stereocenters. The van der Waals surface area contributed by atoms with E-state index in [0.29, 0.717) is 23.4 Å². The summed E-state index contributed by atoms with van der Waals surface area (Å²) >= 11 is 0. The van der Waals surface area contributed by atoms with E-state index in [-0.39, 0.29) is 18.9 Å². The number of nitrogens with zero attached hydrogens (tertiary/aromatic N) is 2. The third-order valence-corrected chi connectivity index (χ3v) is 9.40. The Labute approximate surface area is 267 Å². The molecule has 0 aliphatic carbocycles. The van der Waals surface area contributed by atoms with E-state index in [4.69, 9.17) is 14.2 Å². The second-order valence-electron chi connectivity index (χ2n) is 12.3. The molecule has 2 aromatic rings. The quantitative estimate of drug-likeness (QED) is 0.381. The summed E-state index contributed by atoms with van der Waals surface area (Å²) in [5.74, 6) is -3.29. The summed E-state index contributed by atoms with van der Waals surface area (Å²) in [5, 5.41) is 13.2. The molecule has 6 rings (SSSR count). The molecular weight excluding hydrogens is 590 g/mol. The molecule has 11 nitrogen and oxygen atoms in total. The van der Waals surface area contributed by atoms with Crippen LogP contribution in [0.2, 0.25) is 0 Å². The minimum atomic E-state index is -1.51. The van der Waals surface area contributed by atoms with Gasteiger partial charge in [0.15, 0.2) is 0 Å². The highest BCUT2D eigenvalue weighted by Crippen LogP contribution is 2.54. The molecule has 2 saturated heterocycles. The first-order valence-electron chi connectivity index (χ1n) is 15.7. The van der Waals surface area contributed by atoms with Gasteiger partial charge in [0.25, 0.3) is 5.91 Å². The summed E-state index contributed by atoms with van der Waals surface area (Å²) in [5.41, 5.74) is -0.229. The lowest BCUT2D eigenvalue weighted by Gasteiger charge is -2.37. The van der Waals surface area contributed by atoms with Crippen LogP contribution in [0, 0.1) is 11.8 Å². The van der Waals surface area contributed by atoms with Crippen molar-refractivity contribution >= 4 is 29.4 Å². The first kappa shape index (κ1) is 31.5. The van der Waals surface area contributed by atoms with Crippen LogP contribution in [0.3, 0.4) is 0 Å². The summed E-state index contributed by atoms with van der Waals surface area (Å²) < 4.78 is 18.2. The van der Waals surface area contributed by atoms with E-state index >= 15 is 0 Å². The van der Waals surface area contributed by atoms with Crippen LogP contribution in [0.5, 0.6) is 5.75 Å². The molecule has 0 aromatic heterocycles. The zero-order valence-electron chi connectivity index (χ0n) is 26.1. The SMILES string of the molecule is COc1ccc(N2CC=C[C@]34O[C@@H]5/C=C\CCC(=O)N[C@H](C)[C@@H](c6ccccc6)OC(=O)[C@@H]5[C@H]3C(=O)N([C@H](C)CO)[C@@H]4C2=O)cc1. The lowest BCUT2D eigenvalue weighted by molar-refractivity contribution is -0.161. The number of allylic oxidation sites excluding steroid dienone is 1. The van der Waals surface area contributed by atoms with Gasteiger partial charge in [-0.15, -0.1) is 0 Å². The van der Waals surface area contributed by atoms with Gasteiger partial charge in [0.1, 0.15) is 29.4 Å². The molecule has 0 unspecified atom stereocenters. The van der Waals surface area contributed by atoms with Crippen LogP contribution >= 0.6 is 0 Å². The van der Waals surface area contributed by atoms with Crippen LogP contribution in [-0.4, -0.2) is 83.8 Å². The molecule has 2 aromatic carbocycles. The molecule has 2 N–H and O–H groups in total. The van der Waals surface area contributed by atoms with Crippen molar-refractivity contribution in [1.29, 1.82) is 0 Å². The molecule has 4 aliphatic rings. The highest BCUT2D eigenvalue weighted by Gasteiger charge is 2.72. The Balaban J connectivity index is 1.44. The average molecular weight is 630 g/mol. The Morgan fingerprint density at radius 3 is 2.48 bits per heavy atom. The van der Waals surface area contributed by atoms with E-state index in [9.17, 15) is 24.3 Å². The summed E-state index contributed by atoms with van der Waals surface area (Å²) in [6, 6.07) is 13.7. The zero-order chi connectivity index (χ0) is 32.6. The first-order valence-corrected chi connectivity index (χ1v) is 15.7. The van der Waals surface area contributed by atoms with Gasteiger partial charge in [-0.2, -0.15) is 0 Å². The van der Waals surface area contributed by atoms with Crippen molar-refractivity contribution in [2.75, 3.05) is 25.2 Å². The number of aliphatic hydroxyl groups is 1. The van der Waals surface area contributed by atoms with E-state index in [1.54, 1.807) is 74.4 Å². The fraction of sp³-hybridized carbons (Fsp3) is 0.429. The Morgan fingerprint density at radius 1 is 1.04 bits per heavy atom. The summed E-state index contributed by atoms with van der Waals surface area (Å²) in [6.07, 6.45) is 5.84. The number of hydrogen-bond donors (Lipinski definition) is 2. The number of cyclic esters (lactones) is 1. The number of carbonyl (C=O) groups is 4. The molecule has 11 heteroatoms. The standard InChI is InChI=1S/C35H39N3O8/c1-21(20-39)38-31-33(42)37(24-14-16-25(44-3)17-15-24)19-9-18-35(31)29(32(38)41)28-26(46-35)12-7-8-13-27(40)36-22(2)30(45-34(28)43)23-10-5-4-6-11-23/h4-7,9-12,14-18,21-22,26,28-31,39H,8,13,19-20H2,1-3H3,(H,36,40)/b12-7-/t21-,22-,26-,28+,29+,30+,31-,35+/m1/s1. The molecule has 0 radical (unpaired) electrons. The molecule has 2 fully saturated rings.